The van der Waals surface area contributed by atoms with E-state index in [4.69, 9.17) is 20.9 Å². The highest BCUT2D eigenvalue weighted by molar-refractivity contribution is 6.29. The minimum Gasteiger partial charge on any atom is -0.452 e. The lowest BCUT2D eigenvalue weighted by Crippen LogP contribution is -2.54. The number of ether oxygens (including phenoxy) is 2. The molecule has 0 spiro atoms. The van der Waals surface area contributed by atoms with E-state index in [2.05, 4.69) is 19.8 Å². The van der Waals surface area contributed by atoms with Crippen molar-refractivity contribution in [3.8, 4) is 0 Å². The number of carbonyl (C=O) groups excluding carboxylic acids is 4. The van der Waals surface area contributed by atoms with Gasteiger partial charge in [0.05, 0.1) is 12.1 Å². The molecule has 4 N–H and O–H groups in total. The number of hydrogen-bond acceptors (Lipinski definition) is 12. The average molecular weight is 757 g/mol. The molecular formula is C44H48N6O6. The Morgan fingerprint density at radius 3 is 1.34 bits per heavy atom. The van der Waals surface area contributed by atoms with Crippen molar-refractivity contribution in [1.82, 2.24) is 19.8 Å². The molecule has 8 rings (SSSR count). The number of nitrogen functional groups attached to an aromatic ring is 2. The Kier molecular flexibility index (Phi) is 10.9. The number of rotatable bonds is 8. The van der Waals surface area contributed by atoms with E-state index in [0.29, 0.717) is 100 Å². The molecule has 2 saturated heterocycles. The van der Waals surface area contributed by atoms with Gasteiger partial charge in [-0.15, -0.1) is 0 Å². The number of fused-ring (bicyclic) bond motifs is 2. The van der Waals surface area contributed by atoms with E-state index in [1.165, 1.54) is 0 Å². The summed E-state index contributed by atoms with van der Waals surface area (Å²) >= 11 is 0. The molecule has 2 aliphatic carbocycles. The smallest absolute Gasteiger partial charge is 0.417 e. The standard InChI is InChI=1S/C44H48N6O6/c45-35-9-1-5-29-21-39(37(23-33(29)35)49-17-11-27(12-18-49)41(51)31-7-3-15-47-25-31)55-43(53)44(54)56-40-22-30-6-2-10-36(46)34(30)24-38(40)50-19-13-28(14-20-50)42(52)32-8-4-16-48-26-32/h1-10,15-16,25-28,37-40H,11-14,17-24,45-46H2. The predicted octanol–water partition coefficient (Wildman–Crippen LogP) is 4.29. The Bertz CT molecular complexity index is 1930. The van der Waals surface area contributed by atoms with Crippen LogP contribution in [0.2, 0.25) is 0 Å². The number of esters is 2. The van der Waals surface area contributed by atoms with Gasteiger partial charge in [0.25, 0.3) is 0 Å². The lowest BCUT2D eigenvalue weighted by atomic mass is 9.82. The van der Waals surface area contributed by atoms with Crippen molar-refractivity contribution < 1.29 is 28.7 Å². The molecular weight excluding hydrogens is 709 g/mol. The number of nitrogens with zero attached hydrogens (tertiary/aromatic N) is 4. The molecule has 290 valence electrons. The molecule has 12 heteroatoms. The number of piperidine rings is 2. The van der Waals surface area contributed by atoms with Gasteiger partial charge in [0.15, 0.2) is 11.6 Å². The molecule has 4 heterocycles. The van der Waals surface area contributed by atoms with E-state index < -0.39 is 24.1 Å². The van der Waals surface area contributed by atoms with Crippen molar-refractivity contribution in [2.45, 2.75) is 75.7 Å². The van der Waals surface area contributed by atoms with Crippen LogP contribution in [0.3, 0.4) is 0 Å². The summed E-state index contributed by atoms with van der Waals surface area (Å²) in [7, 11) is 0. The van der Waals surface area contributed by atoms with Crippen molar-refractivity contribution in [3.63, 3.8) is 0 Å². The van der Waals surface area contributed by atoms with E-state index in [9.17, 15) is 19.2 Å². The second-order valence-electron chi connectivity index (χ2n) is 15.6. The summed E-state index contributed by atoms with van der Waals surface area (Å²) in [5.41, 5.74) is 19.5. The van der Waals surface area contributed by atoms with E-state index in [0.717, 1.165) is 22.3 Å². The molecule has 0 bridgehead atoms. The molecule has 2 aromatic heterocycles. The minimum absolute atomic E-state index is 0.0932. The maximum atomic E-state index is 13.8. The van der Waals surface area contributed by atoms with Crippen molar-refractivity contribution >= 4 is 34.9 Å². The van der Waals surface area contributed by atoms with Crippen molar-refractivity contribution in [2.75, 3.05) is 37.6 Å². The van der Waals surface area contributed by atoms with Crippen LogP contribution in [0.1, 0.15) is 68.7 Å². The van der Waals surface area contributed by atoms with E-state index in [1.807, 2.05) is 36.4 Å². The summed E-state index contributed by atoms with van der Waals surface area (Å²) in [6.45, 7) is 2.55. The Morgan fingerprint density at radius 1 is 0.554 bits per heavy atom. The molecule has 12 nitrogen and oxygen atoms in total. The minimum atomic E-state index is -1.02. The van der Waals surface area contributed by atoms with Gasteiger partial charge in [-0.1, -0.05) is 24.3 Å². The SMILES string of the molecule is Nc1cccc2c1CC(N1CCC(C(=O)c3cccnc3)CC1)C(OC(=O)C(=O)OC1Cc3cccc(N)c3CC1N1CCC(C(=O)c3cccnc3)CC1)C2. The summed E-state index contributed by atoms with van der Waals surface area (Å²) < 4.78 is 12.2. The molecule has 0 amide bonds. The van der Waals surface area contributed by atoms with Gasteiger partial charge in [0, 0.05) is 72.0 Å². The Morgan fingerprint density at radius 2 is 0.964 bits per heavy atom. The van der Waals surface area contributed by atoms with E-state index in [1.54, 1.807) is 49.1 Å². The molecule has 4 aromatic rings. The van der Waals surface area contributed by atoms with Crippen LogP contribution in [0.25, 0.3) is 0 Å². The van der Waals surface area contributed by atoms with Crippen LogP contribution in [0.15, 0.2) is 85.5 Å². The summed E-state index contributed by atoms with van der Waals surface area (Å²) in [5.74, 6) is -2.10. The number of anilines is 2. The van der Waals surface area contributed by atoms with Gasteiger partial charge in [-0.3, -0.25) is 29.4 Å². The van der Waals surface area contributed by atoms with Gasteiger partial charge in [-0.05, 0) is 123 Å². The van der Waals surface area contributed by atoms with Gasteiger partial charge < -0.3 is 20.9 Å². The fraction of sp³-hybridized carbons (Fsp3) is 0.409. The first-order chi connectivity index (χ1) is 27.2. The third-order valence-corrected chi connectivity index (χ3v) is 12.5. The number of aromatic nitrogens is 2. The zero-order valence-electron chi connectivity index (χ0n) is 31.4. The lowest BCUT2D eigenvalue weighted by Gasteiger charge is -2.43. The average Bonchev–Trinajstić information content (AvgIpc) is 3.24. The molecule has 4 aliphatic rings. The number of ketones is 2. The second-order valence-corrected chi connectivity index (χ2v) is 15.6. The first-order valence-corrected chi connectivity index (χ1v) is 19.7. The maximum Gasteiger partial charge on any atom is 0.417 e. The van der Waals surface area contributed by atoms with Gasteiger partial charge in [0.1, 0.15) is 12.2 Å². The zero-order chi connectivity index (χ0) is 38.8. The van der Waals surface area contributed by atoms with Gasteiger partial charge >= 0.3 is 11.9 Å². The van der Waals surface area contributed by atoms with Crippen LogP contribution < -0.4 is 11.5 Å². The number of likely N-dealkylation sites (tertiary alicyclic amines) is 2. The number of hydrogen-bond donors (Lipinski definition) is 2. The highest BCUT2D eigenvalue weighted by Crippen LogP contribution is 2.35. The second kappa shape index (κ2) is 16.3. The number of carbonyl (C=O) groups is 4. The number of Topliss-reactive ketones (excluding diaryl/α,β-unsaturated/α-hetero) is 2. The molecule has 2 aromatic carbocycles. The quantitative estimate of drug-likeness (QED) is 0.113. The van der Waals surface area contributed by atoms with E-state index >= 15 is 0 Å². The van der Waals surface area contributed by atoms with Crippen molar-refractivity contribution in [2.24, 2.45) is 11.8 Å². The fourth-order valence-electron chi connectivity index (χ4n) is 9.39. The first-order valence-electron chi connectivity index (χ1n) is 19.7. The highest BCUT2D eigenvalue weighted by Gasteiger charge is 2.42. The highest BCUT2D eigenvalue weighted by atomic mass is 16.6. The summed E-state index contributed by atoms with van der Waals surface area (Å²) in [5, 5.41) is 0. The predicted molar refractivity (Wildman–Crippen MR) is 210 cm³/mol. The molecule has 0 saturated carbocycles. The molecule has 56 heavy (non-hydrogen) atoms. The Balaban J connectivity index is 0.956. The summed E-state index contributed by atoms with van der Waals surface area (Å²) in [6, 6.07) is 18.2. The summed E-state index contributed by atoms with van der Waals surface area (Å²) in [6.07, 6.45) is 9.88. The summed E-state index contributed by atoms with van der Waals surface area (Å²) in [4.78, 5) is 66.7. The largest absolute Gasteiger partial charge is 0.452 e. The monoisotopic (exact) mass is 756 g/mol. The number of pyridine rings is 2. The van der Waals surface area contributed by atoms with Crippen LogP contribution in [0, 0.1) is 11.8 Å². The van der Waals surface area contributed by atoms with E-state index in [-0.39, 0.29) is 35.5 Å². The Hall–Kier alpha value is -5.46. The Labute approximate surface area is 326 Å². The first kappa shape index (κ1) is 37.5. The molecule has 4 atom stereocenters. The van der Waals surface area contributed by atoms with Gasteiger partial charge in [0.2, 0.25) is 0 Å². The third kappa shape index (κ3) is 7.81. The van der Waals surface area contributed by atoms with Gasteiger partial charge in [-0.25, -0.2) is 9.59 Å². The topological polar surface area (TPSA) is 171 Å². The number of benzene rings is 2. The number of nitrogens with two attached hydrogens (primary N) is 2. The van der Waals surface area contributed by atoms with Crippen LogP contribution in [0.4, 0.5) is 11.4 Å². The third-order valence-electron chi connectivity index (χ3n) is 12.5. The fourth-order valence-corrected chi connectivity index (χ4v) is 9.39. The molecule has 0 radical (unpaired) electrons. The normalized spacial score (nSPS) is 23.4. The lowest BCUT2D eigenvalue weighted by molar-refractivity contribution is -0.178. The van der Waals surface area contributed by atoms with Crippen molar-refractivity contribution in [1.29, 1.82) is 0 Å². The van der Waals surface area contributed by atoms with Gasteiger partial charge in [-0.2, -0.15) is 0 Å². The molecule has 2 fully saturated rings. The van der Waals surface area contributed by atoms with Crippen LogP contribution in [0.5, 0.6) is 0 Å². The zero-order valence-corrected chi connectivity index (χ0v) is 31.4. The van der Waals surface area contributed by atoms with Crippen LogP contribution in [-0.2, 0) is 44.7 Å². The maximum absolute atomic E-state index is 13.8. The van der Waals surface area contributed by atoms with Crippen LogP contribution in [-0.4, -0.2) is 93.7 Å². The van der Waals surface area contributed by atoms with Crippen LogP contribution >= 0.6 is 0 Å². The van der Waals surface area contributed by atoms with Crippen molar-refractivity contribution in [3.05, 3.63) is 119 Å². The molecule has 2 aliphatic heterocycles. The molecule has 4 unspecified atom stereocenters.